The normalized spacial score (nSPS) is 30.8. The van der Waals surface area contributed by atoms with Crippen LogP contribution in [0, 0.1) is 6.92 Å². The van der Waals surface area contributed by atoms with Gasteiger partial charge in [0.25, 0.3) is 0 Å². The van der Waals surface area contributed by atoms with Crippen LogP contribution in [0.25, 0.3) is 0 Å². The van der Waals surface area contributed by atoms with Crippen molar-refractivity contribution in [2.75, 3.05) is 6.54 Å². The molecule has 1 aromatic carbocycles. The van der Waals surface area contributed by atoms with Crippen molar-refractivity contribution in [3.63, 3.8) is 0 Å². The van der Waals surface area contributed by atoms with Gasteiger partial charge in [0.15, 0.2) is 0 Å². The molecule has 0 radical (unpaired) electrons. The fraction of sp³-hybridized carbons (Fsp3) is 0.562. The van der Waals surface area contributed by atoms with E-state index < -0.39 is 0 Å². The van der Waals surface area contributed by atoms with E-state index in [2.05, 4.69) is 36.5 Å². The molecule has 1 saturated carbocycles. The lowest BCUT2D eigenvalue weighted by Crippen LogP contribution is -2.42. The summed E-state index contributed by atoms with van der Waals surface area (Å²) < 4.78 is 0. The molecule has 20 heavy (non-hydrogen) atoms. The molecule has 1 aromatic rings. The van der Waals surface area contributed by atoms with Crippen molar-refractivity contribution in [3.05, 3.63) is 35.4 Å². The van der Waals surface area contributed by atoms with Crippen LogP contribution in [0.4, 0.5) is 0 Å². The molecule has 1 heterocycles. The molecule has 0 spiro atoms. The zero-order chi connectivity index (χ0) is 14.1. The second-order valence-corrected chi connectivity index (χ2v) is 5.96. The second kappa shape index (κ2) is 5.54. The summed E-state index contributed by atoms with van der Waals surface area (Å²) in [6.07, 6.45) is 3.20. The number of nitrogens with one attached hydrogen (secondary N) is 1. The van der Waals surface area contributed by atoms with E-state index in [9.17, 15) is 9.90 Å². The highest BCUT2D eigenvalue weighted by Crippen LogP contribution is 2.31. The van der Waals surface area contributed by atoms with Crippen LogP contribution in [0.5, 0.6) is 0 Å². The summed E-state index contributed by atoms with van der Waals surface area (Å²) in [5, 5.41) is 12.9. The van der Waals surface area contributed by atoms with Crippen LogP contribution >= 0.6 is 0 Å². The van der Waals surface area contributed by atoms with Gasteiger partial charge in [-0.3, -0.25) is 10.1 Å². The van der Waals surface area contributed by atoms with Crippen LogP contribution in [0.15, 0.2) is 24.3 Å². The first-order valence-corrected chi connectivity index (χ1v) is 7.44. The molecule has 4 heteroatoms. The largest absolute Gasteiger partial charge is 0.393 e. The molecule has 2 fully saturated rings. The van der Waals surface area contributed by atoms with Crippen molar-refractivity contribution in [2.45, 2.75) is 50.9 Å². The fourth-order valence-electron chi connectivity index (χ4n) is 3.30. The Kier molecular flexibility index (Phi) is 3.76. The van der Waals surface area contributed by atoms with Crippen LogP contribution in [-0.2, 0) is 4.79 Å². The van der Waals surface area contributed by atoms with E-state index in [1.807, 2.05) is 4.90 Å². The Bertz CT molecular complexity index is 478. The summed E-state index contributed by atoms with van der Waals surface area (Å²) in [6, 6.07) is 8.62. The molecule has 3 rings (SSSR count). The molecule has 0 bridgehead atoms. The maximum absolute atomic E-state index is 12.2. The Balaban J connectivity index is 1.79. The molecule has 1 unspecified atom stereocenters. The van der Waals surface area contributed by atoms with Crippen LogP contribution in [0.3, 0.4) is 0 Å². The molecule has 1 saturated heterocycles. The number of rotatable bonds is 2. The summed E-state index contributed by atoms with van der Waals surface area (Å²) in [5.41, 5.74) is 2.37. The number of carbonyl (C=O) groups excluding carboxylic acids is 1. The fourth-order valence-corrected chi connectivity index (χ4v) is 3.30. The number of amides is 1. The Hall–Kier alpha value is -1.39. The Morgan fingerprint density at radius 1 is 1.15 bits per heavy atom. The Morgan fingerprint density at radius 3 is 2.45 bits per heavy atom. The van der Waals surface area contributed by atoms with E-state index in [1.165, 1.54) is 5.56 Å². The maximum Gasteiger partial charge on any atom is 0.238 e. The number of hydrogen-bond donors (Lipinski definition) is 2. The van der Waals surface area contributed by atoms with Gasteiger partial charge >= 0.3 is 0 Å². The van der Waals surface area contributed by atoms with Crippen molar-refractivity contribution < 1.29 is 9.90 Å². The first-order chi connectivity index (χ1) is 9.65. The molecular formula is C16H22N2O2. The molecule has 0 aromatic heterocycles. The lowest BCUT2D eigenvalue weighted by molar-refractivity contribution is -0.131. The number of aliphatic hydroxyl groups excluding tert-OH is 1. The smallest absolute Gasteiger partial charge is 0.238 e. The van der Waals surface area contributed by atoms with E-state index in [0.717, 1.165) is 31.2 Å². The molecule has 108 valence electrons. The number of nitrogens with zero attached hydrogens (tertiary/aromatic N) is 1. The summed E-state index contributed by atoms with van der Waals surface area (Å²) >= 11 is 0. The highest BCUT2D eigenvalue weighted by atomic mass is 16.3. The predicted octanol–water partition coefficient (Wildman–Crippen LogP) is 1.73. The van der Waals surface area contributed by atoms with Crippen LogP contribution in [0.1, 0.15) is 43.0 Å². The third-order valence-electron chi connectivity index (χ3n) is 4.47. The van der Waals surface area contributed by atoms with Crippen LogP contribution in [0.2, 0.25) is 0 Å². The first kappa shape index (κ1) is 13.6. The molecule has 2 N–H and O–H groups in total. The van der Waals surface area contributed by atoms with Gasteiger partial charge in [-0.15, -0.1) is 0 Å². The standard InChI is InChI=1S/C16H22N2O2/c1-11-2-4-12(5-3-11)16-17-10-15(20)18(16)13-6-8-14(19)9-7-13/h2-5,13-14,16-17,19H,6-10H2,1H3. The minimum atomic E-state index is -0.185. The summed E-state index contributed by atoms with van der Waals surface area (Å²) in [5.74, 6) is 0.178. The van der Waals surface area contributed by atoms with E-state index in [4.69, 9.17) is 0 Å². The average molecular weight is 274 g/mol. The van der Waals surface area contributed by atoms with Crippen molar-refractivity contribution in [1.82, 2.24) is 10.2 Å². The van der Waals surface area contributed by atoms with Gasteiger partial charge in [-0.05, 0) is 38.2 Å². The van der Waals surface area contributed by atoms with E-state index in [-0.39, 0.29) is 24.2 Å². The third kappa shape index (κ3) is 2.58. The van der Waals surface area contributed by atoms with Gasteiger partial charge in [-0.1, -0.05) is 29.8 Å². The Labute approximate surface area is 119 Å². The van der Waals surface area contributed by atoms with Crippen molar-refractivity contribution in [3.8, 4) is 0 Å². The quantitative estimate of drug-likeness (QED) is 0.863. The topological polar surface area (TPSA) is 52.6 Å². The van der Waals surface area contributed by atoms with Gasteiger partial charge in [-0.2, -0.15) is 0 Å². The number of carbonyl (C=O) groups is 1. The van der Waals surface area contributed by atoms with Gasteiger partial charge < -0.3 is 10.0 Å². The van der Waals surface area contributed by atoms with Gasteiger partial charge in [0.2, 0.25) is 5.91 Å². The van der Waals surface area contributed by atoms with Crippen molar-refractivity contribution in [1.29, 1.82) is 0 Å². The molecular weight excluding hydrogens is 252 g/mol. The zero-order valence-electron chi connectivity index (χ0n) is 11.9. The maximum atomic E-state index is 12.2. The number of hydrogen-bond acceptors (Lipinski definition) is 3. The molecule has 4 nitrogen and oxygen atoms in total. The molecule has 1 amide bonds. The number of benzene rings is 1. The van der Waals surface area contributed by atoms with Gasteiger partial charge in [0, 0.05) is 6.04 Å². The molecule has 2 aliphatic rings. The van der Waals surface area contributed by atoms with Crippen molar-refractivity contribution in [2.24, 2.45) is 0 Å². The zero-order valence-corrected chi connectivity index (χ0v) is 11.9. The van der Waals surface area contributed by atoms with E-state index in [1.54, 1.807) is 0 Å². The van der Waals surface area contributed by atoms with Gasteiger partial charge in [0.05, 0.1) is 12.6 Å². The van der Waals surface area contributed by atoms with E-state index >= 15 is 0 Å². The van der Waals surface area contributed by atoms with Crippen LogP contribution in [-0.4, -0.2) is 34.6 Å². The minimum absolute atomic E-state index is 0.0108. The number of aliphatic hydroxyl groups is 1. The van der Waals surface area contributed by atoms with Gasteiger partial charge in [0.1, 0.15) is 6.17 Å². The summed E-state index contributed by atoms with van der Waals surface area (Å²) in [7, 11) is 0. The van der Waals surface area contributed by atoms with Gasteiger partial charge in [-0.25, -0.2) is 0 Å². The monoisotopic (exact) mass is 274 g/mol. The average Bonchev–Trinajstić information content (AvgIpc) is 2.83. The molecule has 1 aliphatic heterocycles. The highest BCUT2D eigenvalue weighted by molar-refractivity contribution is 5.81. The Morgan fingerprint density at radius 2 is 1.80 bits per heavy atom. The SMILES string of the molecule is Cc1ccc(C2NCC(=O)N2C2CCC(O)CC2)cc1. The van der Waals surface area contributed by atoms with Crippen LogP contribution < -0.4 is 5.32 Å². The van der Waals surface area contributed by atoms with Crippen molar-refractivity contribution >= 4 is 5.91 Å². The minimum Gasteiger partial charge on any atom is -0.393 e. The lowest BCUT2D eigenvalue weighted by Gasteiger charge is -2.36. The lowest BCUT2D eigenvalue weighted by atomic mass is 9.91. The third-order valence-corrected chi connectivity index (χ3v) is 4.47. The summed E-state index contributed by atoms with van der Waals surface area (Å²) in [6.45, 7) is 2.48. The molecule has 1 atom stereocenters. The number of aryl methyl sites for hydroxylation is 1. The first-order valence-electron chi connectivity index (χ1n) is 7.44. The highest BCUT2D eigenvalue weighted by Gasteiger charge is 2.37. The summed E-state index contributed by atoms with van der Waals surface area (Å²) in [4.78, 5) is 14.2. The molecule has 1 aliphatic carbocycles. The predicted molar refractivity (Wildman–Crippen MR) is 77.0 cm³/mol. The second-order valence-electron chi connectivity index (χ2n) is 5.96. The van der Waals surface area contributed by atoms with E-state index in [0.29, 0.717) is 6.54 Å².